The maximum Gasteiger partial charge on any atom is 0.412 e. The maximum absolute atomic E-state index is 11.7. The number of amides is 1. The van der Waals surface area contributed by atoms with Gasteiger partial charge in [-0.15, -0.1) is 0 Å². The van der Waals surface area contributed by atoms with Gasteiger partial charge in [-0.25, -0.2) is 4.79 Å². The summed E-state index contributed by atoms with van der Waals surface area (Å²) in [6, 6.07) is 6.98. The van der Waals surface area contributed by atoms with E-state index in [1.54, 1.807) is 45.0 Å². The molecule has 1 N–H and O–H groups in total. The van der Waals surface area contributed by atoms with Crippen molar-refractivity contribution in [3.63, 3.8) is 0 Å². The van der Waals surface area contributed by atoms with E-state index in [4.69, 9.17) is 4.74 Å². The number of anilines is 1. The van der Waals surface area contributed by atoms with Crippen molar-refractivity contribution in [2.75, 3.05) is 5.32 Å². The molecule has 0 aliphatic heterocycles. The number of fused-ring (bicyclic) bond motifs is 1. The Balaban J connectivity index is 2.23. The molecule has 0 saturated heterocycles. The molecule has 2 rings (SSSR count). The second-order valence-corrected chi connectivity index (χ2v) is 5.42. The average molecular weight is 272 g/mol. The lowest BCUT2D eigenvalue weighted by atomic mass is 10.1. The third-order valence-electron chi connectivity index (χ3n) is 2.48. The van der Waals surface area contributed by atoms with Crippen molar-refractivity contribution in [1.29, 1.82) is 0 Å². The van der Waals surface area contributed by atoms with Crippen LogP contribution >= 0.6 is 0 Å². The van der Waals surface area contributed by atoms with Gasteiger partial charge in [-0.1, -0.05) is 0 Å². The summed E-state index contributed by atoms with van der Waals surface area (Å²) in [5.41, 5.74) is 1.29. The number of nitrogens with one attached hydrogen (secondary N) is 1. The minimum absolute atomic E-state index is 0.493. The average Bonchev–Trinajstić information content (AvgIpc) is 2.35. The smallest absolute Gasteiger partial charge is 0.412 e. The van der Waals surface area contributed by atoms with E-state index in [0.29, 0.717) is 11.3 Å². The molecule has 5 nitrogen and oxygen atoms in total. The summed E-state index contributed by atoms with van der Waals surface area (Å²) in [5.74, 6) is 0. The molecule has 0 atom stereocenters. The van der Waals surface area contributed by atoms with Gasteiger partial charge in [0, 0.05) is 22.8 Å². The van der Waals surface area contributed by atoms with Gasteiger partial charge in [-0.3, -0.25) is 15.1 Å². The molecule has 5 heteroatoms. The Morgan fingerprint density at radius 2 is 2.05 bits per heavy atom. The first-order valence-corrected chi connectivity index (χ1v) is 6.22. The fraction of sp³-hybridized carbons (Fsp3) is 0.267. The normalized spacial score (nSPS) is 11.2. The van der Waals surface area contributed by atoms with Gasteiger partial charge in [0.25, 0.3) is 0 Å². The Hall–Kier alpha value is -2.43. The van der Waals surface area contributed by atoms with Gasteiger partial charge in [0.2, 0.25) is 0 Å². The Labute approximate surface area is 117 Å². The Bertz CT molecular complexity index is 660. The number of pyridine rings is 1. The van der Waals surface area contributed by atoms with Crippen molar-refractivity contribution in [1.82, 2.24) is 4.98 Å². The monoisotopic (exact) mass is 272 g/mol. The van der Waals surface area contributed by atoms with Crippen molar-refractivity contribution in [2.24, 2.45) is 0 Å². The molecule has 0 spiro atoms. The summed E-state index contributed by atoms with van der Waals surface area (Å²) < 4.78 is 5.18. The van der Waals surface area contributed by atoms with Gasteiger partial charge < -0.3 is 4.74 Å². The number of carbonyl (C=O) groups is 2. The largest absolute Gasteiger partial charge is 0.444 e. The highest BCUT2D eigenvalue weighted by molar-refractivity contribution is 5.91. The Kier molecular flexibility index (Phi) is 3.70. The molecule has 0 saturated carbocycles. The lowest BCUT2D eigenvalue weighted by Gasteiger charge is -2.19. The molecule has 1 heterocycles. The molecular formula is C15H16N2O3. The van der Waals surface area contributed by atoms with Crippen LogP contribution in [0.15, 0.2) is 30.5 Å². The third kappa shape index (κ3) is 3.54. The molecule has 0 fully saturated rings. The number of aromatic nitrogens is 1. The van der Waals surface area contributed by atoms with Crippen LogP contribution in [0.4, 0.5) is 10.5 Å². The minimum atomic E-state index is -0.548. The zero-order valence-corrected chi connectivity index (χ0v) is 11.6. The van der Waals surface area contributed by atoms with Gasteiger partial charge in [0.05, 0.1) is 5.52 Å². The molecule has 2 aromatic rings. The quantitative estimate of drug-likeness (QED) is 0.851. The molecule has 0 unspecified atom stereocenters. The van der Waals surface area contributed by atoms with Crippen molar-refractivity contribution in [3.05, 3.63) is 36.0 Å². The Morgan fingerprint density at radius 3 is 2.70 bits per heavy atom. The molecule has 1 aromatic carbocycles. The van der Waals surface area contributed by atoms with Crippen LogP contribution in [0, 0.1) is 0 Å². The van der Waals surface area contributed by atoms with E-state index < -0.39 is 11.7 Å². The highest BCUT2D eigenvalue weighted by atomic mass is 16.6. The van der Waals surface area contributed by atoms with E-state index in [1.165, 1.54) is 6.20 Å². The molecule has 0 aliphatic rings. The summed E-state index contributed by atoms with van der Waals surface area (Å²) in [6.07, 6.45) is 1.73. The van der Waals surface area contributed by atoms with Gasteiger partial charge in [-0.2, -0.15) is 0 Å². The van der Waals surface area contributed by atoms with Crippen molar-refractivity contribution >= 4 is 29.0 Å². The SMILES string of the molecule is CC(C)(C)OC(=O)Nc1ccc2ncc(C=O)cc2c1. The second kappa shape index (κ2) is 5.28. The van der Waals surface area contributed by atoms with Crippen molar-refractivity contribution < 1.29 is 14.3 Å². The van der Waals surface area contributed by atoms with Gasteiger partial charge in [-0.05, 0) is 45.0 Å². The van der Waals surface area contributed by atoms with Crippen molar-refractivity contribution in [2.45, 2.75) is 26.4 Å². The Morgan fingerprint density at radius 1 is 1.30 bits per heavy atom. The number of nitrogens with zero attached hydrogens (tertiary/aromatic N) is 1. The molecule has 0 bridgehead atoms. The van der Waals surface area contributed by atoms with Gasteiger partial charge >= 0.3 is 6.09 Å². The fourth-order valence-corrected chi connectivity index (χ4v) is 1.71. The lowest BCUT2D eigenvalue weighted by molar-refractivity contribution is 0.0636. The number of rotatable bonds is 2. The predicted octanol–water partition coefficient (Wildman–Crippen LogP) is 3.39. The van der Waals surface area contributed by atoms with Crippen LogP contribution in [-0.2, 0) is 4.74 Å². The van der Waals surface area contributed by atoms with Gasteiger partial charge in [0.15, 0.2) is 6.29 Å². The number of benzene rings is 1. The van der Waals surface area contributed by atoms with E-state index in [0.717, 1.165) is 17.2 Å². The molecule has 1 amide bonds. The summed E-state index contributed by atoms with van der Waals surface area (Å²) in [5, 5.41) is 3.43. The summed E-state index contributed by atoms with van der Waals surface area (Å²) in [6.45, 7) is 5.40. The fourth-order valence-electron chi connectivity index (χ4n) is 1.71. The van der Waals surface area contributed by atoms with Crippen LogP contribution < -0.4 is 5.32 Å². The second-order valence-electron chi connectivity index (χ2n) is 5.42. The number of ether oxygens (including phenoxy) is 1. The predicted molar refractivity (Wildman–Crippen MR) is 77.0 cm³/mol. The maximum atomic E-state index is 11.7. The molecule has 20 heavy (non-hydrogen) atoms. The van der Waals surface area contributed by atoms with Crippen LogP contribution in [0.3, 0.4) is 0 Å². The molecule has 104 valence electrons. The van der Waals surface area contributed by atoms with Crippen molar-refractivity contribution in [3.8, 4) is 0 Å². The van der Waals surface area contributed by atoms with Gasteiger partial charge in [0.1, 0.15) is 5.60 Å². The summed E-state index contributed by atoms with van der Waals surface area (Å²) in [4.78, 5) is 26.6. The zero-order valence-electron chi connectivity index (χ0n) is 11.6. The number of aldehydes is 1. The van der Waals surface area contributed by atoms with E-state index in [1.807, 2.05) is 0 Å². The van der Waals surface area contributed by atoms with Crippen LogP contribution in [0.2, 0.25) is 0 Å². The molecule has 1 aromatic heterocycles. The van der Waals surface area contributed by atoms with E-state index in [-0.39, 0.29) is 0 Å². The topological polar surface area (TPSA) is 68.3 Å². The van der Waals surface area contributed by atoms with E-state index in [2.05, 4.69) is 10.3 Å². The highest BCUT2D eigenvalue weighted by Gasteiger charge is 2.16. The van der Waals surface area contributed by atoms with E-state index >= 15 is 0 Å². The highest BCUT2D eigenvalue weighted by Crippen LogP contribution is 2.19. The first-order valence-electron chi connectivity index (χ1n) is 6.22. The van der Waals surface area contributed by atoms with Crippen LogP contribution in [0.25, 0.3) is 10.9 Å². The zero-order chi connectivity index (χ0) is 14.8. The minimum Gasteiger partial charge on any atom is -0.444 e. The first-order chi connectivity index (χ1) is 9.37. The number of hydrogen-bond donors (Lipinski definition) is 1. The standard InChI is InChI=1S/C15H16N2O3/c1-15(2,3)20-14(19)17-12-4-5-13-11(7-12)6-10(9-18)8-16-13/h4-9H,1-3H3,(H,17,19). The molecule has 0 aliphatic carbocycles. The third-order valence-corrected chi connectivity index (χ3v) is 2.48. The number of hydrogen-bond acceptors (Lipinski definition) is 4. The van der Waals surface area contributed by atoms with Crippen LogP contribution in [-0.4, -0.2) is 23.0 Å². The summed E-state index contributed by atoms with van der Waals surface area (Å²) >= 11 is 0. The van der Waals surface area contributed by atoms with E-state index in [9.17, 15) is 9.59 Å². The molecule has 0 radical (unpaired) electrons. The van der Waals surface area contributed by atoms with Crippen LogP contribution in [0.5, 0.6) is 0 Å². The first kappa shape index (κ1) is 14.0. The van der Waals surface area contributed by atoms with Crippen LogP contribution in [0.1, 0.15) is 31.1 Å². The summed E-state index contributed by atoms with van der Waals surface area (Å²) in [7, 11) is 0. The number of carbonyl (C=O) groups excluding carboxylic acids is 2. The lowest BCUT2D eigenvalue weighted by Crippen LogP contribution is -2.27. The molecular weight excluding hydrogens is 256 g/mol.